The van der Waals surface area contributed by atoms with Crippen LogP contribution in [-0.2, 0) is 6.42 Å². The van der Waals surface area contributed by atoms with Gasteiger partial charge >= 0.3 is 0 Å². The Labute approximate surface area is 55.7 Å². The summed E-state index contributed by atoms with van der Waals surface area (Å²) >= 11 is 0. The molecule has 0 amide bonds. The summed E-state index contributed by atoms with van der Waals surface area (Å²) in [6.07, 6.45) is 2.81. The van der Waals surface area contributed by atoms with Gasteiger partial charge < -0.3 is 4.42 Å². The molecule has 1 aromatic rings. The van der Waals surface area contributed by atoms with E-state index in [0.717, 1.165) is 12.2 Å². The van der Waals surface area contributed by atoms with Crippen molar-refractivity contribution < 1.29 is 4.42 Å². The van der Waals surface area contributed by atoms with Crippen LogP contribution in [-0.4, -0.2) is 0 Å². The van der Waals surface area contributed by atoms with Crippen LogP contribution < -0.4 is 0 Å². The smallest absolute Gasteiger partial charge is 0.106 e. The van der Waals surface area contributed by atoms with E-state index in [9.17, 15) is 0 Å². The molecule has 0 saturated carbocycles. The molecule has 0 unspecified atom stereocenters. The lowest BCUT2D eigenvalue weighted by Gasteiger charge is -1.89. The van der Waals surface area contributed by atoms with E-state index in [2.05, 4.69) is 20.8 Å². The Hall–Kier alpha value is -0.720. The highest BCUT2D eigenvalue weighted by atomic mass is 16.3. The minimum Gasteiger partial charge on any atom is -0.469 e. The Morgan fingerprint density at radius 3 is 2.33 bits per heavy atom. The maximum absolute atomic E-state index is 5.24. The van der Waals surface area contributed by atoms with Gasteiger partial charge in [0.05, 0.1) is 6.26 Å². The Morgan fingerprint density at radius 1 is 1.44 bits per heavy atom. The second-order valence-corrected chi connectivity index (χ2v) is 2.32. The maximum atomic E-state index is 5.24. The third-order valence-electron chi connectivity index (χ3n) is 1.71. The number of rotatable bonds is 1. The average Bonchev–Trinajstić information content (AvgIpc) is 2.15. The molecule has 0 aliphatic heterocycles. The molecule has 9 heavy (non-hydrogen) atoms. The van der Waals surface area contributed by atoms with Crippen molar-refractivity contribution in [2.75, 3.05) is 0 Å². The van der Waals surface area contributed by atoms with Gasteiger partial charge in [-0.15, -0.1) is 0 Å². The zero-order chi connectivity index (χ0) is 6.85. The van der Waals surface area contributed by atoms with E-state index in [1.165, 1.54) is 11.1 Å². The molecule has 1 heteroatoms. The van der Waals surface area contributed by atoms with Gasteiger partial charge in [0.15, 0.2) is 0 Å². The summed E-state index contributed by atoms with van der Waals surface area (Å²) in [6, 6.07) is 0. The van der Waals surface area contributed by atoms with Crippen LogP contribution in [0.5, 0.6) is 0 Å². The Kier molecular flexibility index (Phi) is 1.60. The topological polar surface area (TPSA) is 13.1 Å². The monoisotopic (exact) mass is 124 g/mol. The van der Waals surface area contributed by atoms with Gasteiger partial charge in [0.2, 0.25) is 0 Å². The number of hydrogen-bond donors (Lipinski definition) is 0. The summed E-state index contributed by atoms with van der Waals surface area (Å²) in [5, 5.41) is 0. The lowest BCUT2D eigenvalue weighted by atomic mass is 10.2. The fourth-order valence-electron chi connectivity index (χ4n) is 0.905. The molecule has 1 nitrogen and oxygen atoms in total. The zero-order valence-corrected chi connectivity index (χ0v) is 6.19. The molecule has 0 spiro atoms. The molecule has 1 rings (SSSR count). The van der Waals surface area contributed by atoms with Gasteiger partial charge in [-0.2, -0.15) is 0 Å². The molecule has 0 bridgehead atoms. The summed E-state index contributed by atoms with van der Waals surface area (Å²) in [7, 11) is 0. The minimum absolute atomic E-state index is 1.000. The Bertz CT molecular complexity index is 198. The van der Waals surface area contributed by atoms with Crippen LogP contribution in [0.1, 0.15) is 23.8 Å². The molecule has 0 radical (unpaired) electrons. The second kappa shape index (κ2) is 2.26. The molecular weight excluding hydrogens is 112 g/mol. The van der Waals surface area contributed by atoms with Crippen LogP contribution in [0.3, 0.4) is 0 Å². The highest BCUT2D eigenvalue weighted by molar-refractivity contribution is 5.24. The summed E-state index contributed by atoms with van der Waals surface area (Å²) in [5.41, 5.74) is 2.56. The molecule has 0 aliphatic carbocycles. The van der Waals surface area contributed by atoms with Crippen LogP contribution in [0.2, 0.25) is 0 Å². The standard InChI is InChI=1S/C8H12O/c1-4-8-7(3)6(2)5-9-8/h5H,4H2,1-3H3. The van der Waals surface area contributed by atoms with Crippen molar-refractivity contribution in [3.8, 4) is 0 Å². The molecule has 50 valence electrons. The Balaban J connectivity index is 3.04. The van der Waals surface area contributed by atoms with Gasteiger partial charge in [0.1, 0.15) is 5.76 Å². The van der Waals surface area contributed by atoms with Crippen molar-refractivity contribution in [1.82, 2.24) is 0 Å². The number of hydrogen-bond acceptors (Lipinski definition) is 1. The van der Waals surface area contributed by atoms with E-state index in [0.29, 0.717) is 0 Å². The van der Waals surface area contributed by atoms with Crippen molar-refractivity contribution in [3.05, 3.63) is 23.2 Å². The first-order valence-electron chi connectivity index (χ1n) is 3.29. The third-order valence-corrected chi connectivity index (χ3v) is 1.71. The summed E-state index contributed by atoms with van der Waals surface area (Å²) in [6.45, 7) is 6.26. The van der Waals surface area contributed by atoms with Gasteiger partial charge in [-0.1, -0.05) is 6.92 Å². The molecule has 1 heterocycles. The lowest BCUT2D eigenvalue weighted by molar-refractivity contribution is 0.512. The highest BCUT2D eigenvalue weighted by Crippen LogP contribution is 2.14. The van der Waals surface area contributed by atoms with Crippen molar-refractivity contribution in [3.63, 3.8) is 0 Å². The van der Waals surface area contributed by atoms with Gasteiger partial charge in [-0.05, 0) is 25.0 Å². The first kappa shape index (κ1) is 6.40. The fraction of sp³-hybridized carbons (Fsp3) is 0.500. The molecule has 0 aliphatic rings. The van der Waals surface area contributed by atoms with Gasteiger partial charge in [-0.25, -0.2) is 0 Å². The molecule has 0 fully saturated rings. The number of furan rings is 1. The molecular formula is C8H12O. The van der Waals surface area contributed by atoms with Gasteiger partial charge in [0, 0.05) is 6.42 Å². The average molecular weight is 124 g/mol. The fourth-order valence-corrected chi connectivity index (χ4v) is 0.905. The predicted octanol–water partition coefficient (Wildman–Crippen LogP) is 2.46. The molecule has 0 atom stereocenters. The first-order chi connectivity index (χ1) is 4.25. The van der Waals surface area contributed by atoms with E-state index in [1.807, 2.05) is 6.26 Å². The van der Waals surface area contributed by atoms with Crippen molar-refractivity contribution in [2.24, 2.45) is 0 Å². The summed E-state index contributed by atoms with van der Waals surface area (Å²) in [5.74, 6) is 1.12. The molecule has 1 aromatic heterocycles. The Morgan fingerprint density at radius 2 is 2.11 bits per heavy atom. The molecule has 0 saturated heterocycles. The van der Waals surface area contributed by atoms with Gasteiger partial charge in [-0.3, -0.25) is 0 Å². The van der Waals surface area contributed by atoms with E-state index in [-0.39, 0.29) is 0 Å². The molecule has 0 aromatic carbocycles. The van der Waals surface area contributed by atoms with Gasteiger partial charge in [0.25, 0.3) is 0 Å². The summed E-state index contributed by atoms with van der Waals surface area (Å²) in [4.78, 5) is 0. The van der Waals surface area contributed by atoms with Crippen LogP contribution in [0.25, 0.3) is 0 Å². The largest absolute Gasteiger partial charge is 0.469 e. The first-order valence-corrected chi connectivity index (χ1v) is 3.29. The van der Waals surface area contributed by atoms with Crippen molar-refractivity contribution in [2.45, 2.75) is 27.2 Å². The SMILES string of the molecule is CCc1occ(C)c1C. The van der Waals surface area contributed by atoms with E-state index in [1.54, 1.807) is 0 Å². The van der Waals surface area contributed by atoms with Crippen LogP contribution >= 0.6 is 0 Å². The van der Waals surface area contributed by atoms with Crippen LogP contribution in [0, 0.1) is 13.8 Å². The third kappa shape index (κ3) is 0.995. The zero-order valence-electron chi connectivity index (χ0n) is 6.19. The van der Waals surface area contributed by atoms with E-state index in [4.69, 9.17) is 4.42 Å². The normalized spacial score (nSPS) is 10.1. The predicted molar refractivity (Wildman–Crippen MR) is 37.6 cm³/mol. The van der Waals surface area contributed by atoms with E-state index < -0.39 is 0 Å². The second-order valence-electron chi connectivity index (χ2n) is 2.32. The minimum atomic E-state index is 1.000. The number of aryl methyl sites for hydroxylation is 2. The van der Waals surface area contributed by atoms with Crippen molar-refractivity contribution in [1.29, 1.82) is 0 Å². The quantitative estimate of drug-likeness (QED) is 0.560. The summed E-state index contributed by atoms with van der Waals surface area (Å²) < 4.78 is 5.24. The van der Waals surface area contributed by atoms with Crippen LogP contribution in [0.15, 0.2) is 10.7 Å². The van der Waals surface area contributed by atoms with Crippen LogP contribution in [0.4, 0.5) is 0 Å². The van der Waals surface area contributed by atoms with Crippen molar-refractivity contribution >= 4 is 0 Å². The van der Waals surface area contributed by atoms with E-state index >= 15 is 0 Å². The lowest BCUT2D eigenvalue weighted by Crippen LogP contribution is -1.78. The molecule has 0 N–H and O–H groups in total. The highest BCUT2D eigenvalue weighted by Gasteiger charge is 2.01. The maximum Gasteiger partial charge on any atom is 0.106 e.